The first-order valence-corrected chi connectivity index (χ1v) is 16.7. The van der Waals surface area contributed by atoms with Crippen molar-refractivity contribution in [3.05, 3.63) is 80.6 Å². The normalized spacial score (nSPS) is 19.2. The van der Waals surface area contributed by atoms with Crippen molar-refractivity contribution in [2.75, 3.05) is 39.8 Å². The Labute approximate surface area is 270 Å². The summed E-state index contributed by atoms with van der Waals surface area (Å²) >= 11 is 3.55. The van der Waals surface area contributed by atoms with Gasteiger partial charge in [-0.1, -0.05) is 48.0 Å². The molecule has 5 rings (SSSR count). The number of hydrogen-bond donors (Lipinski definition) is 0. The van der Waals surface area contributed by atoms with Gasteiger partial charge in [0.15, 0.2) is 0 Å². The van der Waals surface area contributed by atoms with Gasteiger partial charge in [-0.3, -0.25) is 9.59 Å². The number of amides is 2. The Bertz CT molecular complexity index is 1470. The third kappa shape index (κ3) is 7.42. The number of benzene rings is 2. The Morgan fingerprint density at radius 3 is 2.39 bits per heavy atom. The molecule has 2 aliphatic heterocycles. The average Bonchev–Trinajstić information content (AvgIpc) is 3.48. The molecule has 0 bridgehead atoms. The van der Waals surface area contributed by atoms with Crippen LogP contribution >= 0.6 is 15.9 Å². The summed E-state index contributed by atoms with van der Waals surface area (Å²) in [5.74, 6) is 0.631. The van der Waals surface area contributed by atoms with Gasteiger partial charge in [-0.05, 0) is 98.0 Å². The first kappa shape index (κ1) is 32.4. The first-order chi connectivity index (χ1) is 20.9. The maximum absolute atomic E-state index is 13.5. The summed E-state index contributed by atoms with van der Waals surface area (Å²) in [4.78, 5) is 33.0. The van der Waals surface area contributed by atoms with Crippen LogP contribution in [-0.2, 0) is 13.0 Å². The third-order valence-electron chi connectivity index (χ3n) is 9.97. The van der Waals surface area contributed by atoms with E-state index < -0.39 is 0 Å². The summed E-state index contributed by atoms with van der Waals surface area (Å²) in [5.41, 5.74) is 5.89. The molecule has 2 aromatic carbocycles. The van der Waals surface area contributed by atoms with Crippen LogP contribution in [0.4, 0.5) is 0 Å². The molecule has 3 heterocycles. The van der Waals surface area contributed by atoms with E-state index in [0.717, 1.165) is 71.7 Å². The zero-order valence-electron chi connectivity index (χ0n) is 27.1. The van der Waals surface area contributed by atoms with Crippen molar-refractivity contribution in [3.8, 4) is 0 Å². The SMILES string of the molecule is Cc1cc(Br)cc(C)c1CN(C)C(=O)c1cccc(C(=O)N2CCC(n3cc(CCN4CCC(C)C(C)(C)C4)nn3)CC2)c1. The van der Waals surface area contributed by atoms with Crippen LogP contribution in [0.1, 0.15) is 89.2 Å². The molecule has 0 saturated carbocycles. The molecule has 2 saturated heterocycles. The van der Waals surface area contributed by atoms with Crippen LogP contribution in [0.15, 0.2) is 47.1 Å². The van der Waals surface area contributed by atoms with E-state index in [0.29, 0.717) is 36.2 Å². The Morgan fingerprint density at radius 2 is 1.70 bits per heavy atom. The highest BCUT2D eigenvalue weighted by molar-refractivity contribution is 9.10. The molecule has 1 unspecified atom stereocenters. The Morgan fingerprint density at radius 1 is 1.02 bits per heavy atom. The number of likely N-dealkylation sites (tertiary alicyclic amines) is 2. The monoisotopic (exact) mass is 662 g/mol. The summed E-state index contributed by atoms with van der Waals surface area (Å²) in [7, 11) is 1.81. The zero-order chi connectivity index (χ0) is 31.6. The molecule has 236 valence electrons. The second kappa shape index (κ2) is 13.5. The highest BCUT2D eigenvalue weighted by Gasteiger charge is 2.32. The molecule has 2 aliphatic rings. The van der Waals surface area contributed by atoms with Crippen molar-refractivity contribution >= 4 is 27.7 Å². The van der Waals surface area contributed by atoms with Crippen molar-refractivity contribution < 1.29 is 9.59 Å². The molecule has 2 fully saturated rings. The van der Waals surface area contributed by atoms with E-state index in [1.807, 2.05) is 22.7 Å². The van der Waals surface area contributed by atoms with Gasteiger partial charge in [0, 0.05) is 68.0 Å². The molecule has 0 aliphatic carbocycles. The Hall–Kier alpha value is -3.04. The maximum Gasteiger partial charge on any atom is 0.253 e. The number of aryl methyl sites for hydroxylation is 2. The van der Waals surface area contributed by atoms with Gasteiger partial charge in [0.1, 0.15) is 0 Å². The molecule has 2 amide bonds. The van der Waals surface area contributed by atoms with Crippen LogP contribution < -0.4 is 0 Å². The zero-order valence-corrected chi connectivity index (χ0v) is 28.7. The highest BCUT2D eigenvalue weighted by Crippen LogP contribution is 2.34. The van der Waals surface area contributed by atoms with Crippen LogP contribution in [0.2, 0.25) is 0 Å². The Kier molecular flexibility index (Phi) is 9.95. The van der Waals surface area contributed by atoms with Crippen LogP contribution in [-0.4, -0.2) is 81.3 Å². The van der Waals surface area contributed by atoms with E-state index in [-0.39, 0.29) is 17.9 Å². The van der Waals surface area contributed by atoms with Crippen molar-refractivity contribution in [2.24, 2.45) is 11.3 Å². The van der Waals surface area contributed by atoms with Crippen LogP contribution in [0.5, 0.6) is 0 Å². The molecular formula is C35H47BrN6O2. The lowest BCUT2D eigenvalue weighted by atomic mass is 9.75. The highest BCUT2D eigenvalue weighted by atomic mass is 79.9. The van der Waals surface area contributed by atoms with E-state index in [9.17, 15) is 9.59 Å². The fourth-order valence-corrected chi connectivity index (χ4v) is 7.36. The number of carbonyl (C=O) groups excluding carboxylic acids is 2. The molecule has 0 spiro atoms. The molecule has 3 aromatic rings. The van der Waals surface area contributed by atoms with Crippen LogP contribution in [0.25, 0.3) is 0 Å². The fourth-order valence-electron chi connectivity index (χ4n) is 6.67. The second-order valence-electron chi connectivity index (χ2n) is 13.7. The van der Waals surface area contributed by atoms with Gasteiger partial charge in [0.05, 0.1) is 11.7 Å². The second-order valence-corrected chi connectivity index (χ2v) is 14.6. The number of carbonyl (C=O) groups is 2. The van der Waals surface area contributed by atoms with Gasteiger partial charge < -0.3 is 14.7 Å². The first-order valence-electron chi connectivity index (χ1n) is 15.9. The maximum atomic E-state index is 13.5. The number of nitrogens with zero attached hydrogens (tertiary/aromatic N) is 6. The summed E-state index contributed by atoms with van der Waals surface area (Å²) in [6.45, 7) is 16.4. The minimum atomic E-state index is -0.0966. The molecule has 1 atom stereocenters. The van der Waals surface area contributed by atoms with Crippen molar-refractivity contribution in [2.45, 2.75) is 72.9 Å². The molecular weight excluding hydrogens is 616 g/mol. The molecule has 0 radical (unpaired) electrons. The summed E-state index contributed by atoms with van der Waals surface area (Å²) in [6, 6.07) is 11.5. The lowest BCUT2D eigenvalue weighted by Gasteiger charge is -2.43. The minimum Gasteiger partial charge on any atom is -0.338 e. The molecule has 0 N–H and O–H groups in total. The quantitative estimate of drug-likeness (QED) is 0.282. The molecule has 1 aromatic heterocycles. The van der Waals surface area contributed by atoms with E-state index in [4.69, 9.17) is 0 Å². The van der Waals surface area contributed by atoms with E-state index in [1.165, 1.54) is 6.42 Å². The summed E-state index contributed by atoms with van der Waals surface area (Å²) < 4.78 is 3.04. The number of hydrogen-bond acceptors (Lipinski definition) is 5. The third-order valence-corrected chi connectivity index (χ3v) is 10.4. The molecule has 9 heteroatoms. The van der Waals surface area contributed by atoms with Gasteiger partial charge in [-0.15, -0.1) is 5.10 Å². The van der Waals surface area contributed by atoms with E-state index in [1.54, 1.807) is 23.1 Å². The van der Waals surface area contributed by atoms with E-state index >= 15 is 0 Å². The van der Waals surface area contributed by atoms with Gasteiger partial charge >= 0.3 is 0 Å². The smallest absolute Gasteiger partial charge is 0.253 e. The van der Waals surface area contributed by atoms with Crippen LogP contribution in [0.3, 0.4) is 0 Å². The average molecular weight is 664 g/mol. The van der Waals surface area contributed by atoms with E-state index in [2.05, 4.69) is 84.1 Å². The minimum absolute atomic E-state index is 0.0293. The molecule has 44 heavy (non-hydrogen) atoms. The fraction of sp³-hybridized carbons (Fsp3) is 0.543. The molecule has 8 nitrogen and oxygen atoms in total. The van der Waals surface area contributed by atoms with Gasteiger partial charge in [0.2, 0.25) is 0 Å². The predicted molar refractivity (Wildman–Crippen MR) is 178 cm³/mol. The summed E-state index contributed by atoms with van der Waals surface area (Å²) in [6.07, 6.45) is 5.93. The topological polar surface area (TPSA) is 74.6 Å². The van der Waals surface area contributed by atoms with Crippen molar-refractivity contribution in [1.82, 2.24) is 29.7 Å². The number of halogens is 1. The lowest BCUT2D eigenvalue weighted by molar-refractivity contribution is 0.0655. The van der Waals surface area contributed by atoms with Gasteiger partial charge in [0.25, 0.3) is 11.8 Å². The van der Waals surface area contributed by atoms with Gasteiger partial charge in [-0.2, -0.15) is 0 Å². The van der Waals surface area contributed by atoms with Crippen molar-refractivity contribution in [1.29, 1.82) is 0 Å². The summed E-state index contributed by atoms with van der Waals surface area (Å²) in [5, 5.41) is 8.94. The number of aromatic nitrogens is 3. The standard InChI is InChI=1S/C35H47BrN6O2/c1-24-18-29(36)19-25(2)32(24)22-39(6)33(43)27-8-7-9-28(20-27)34(44)41-16-12-31(13-17-41)42-21-30(37-38-42)11-15-40-14-10-26(3)35(4,5)23-40/h7-9,18-21,26,31H,10-17,22-23H2,1-6H3. The lowest BCUT2D eigenvalue weighted by Crippen LogP contribution is -2.45. The predicted octanol–water partition coefficient (Wildman–Crippen LogP) is 6.32. The number of rotatable bonds is 8. The van der Waals surface area contributed by atoms with Crippen molar-refractivity contribution in [3.63, 3.8) is 0 Å². The number of piperidine rings is 2. The van der Waals surface area contributed by atoms with Crippen LogP contribution in [0, 0.1) is 25.2 Å². The Balaban J connectivity index is 1.13. The largest absolute Gasteiger partial charge is 0.338 e. The van der Waals surface area contributed by atoms with Gasteiger partial charge in [-0.25, -0.2) is 4.68 Å².